The Bertz CT molecular complexity index is 683. The van der Waals surface area contributed by atoms with Crippen molar-refractivity contribution in [2.24, 2.45) is 0 Å². The monoisotopic (exact) mass is 305 g/mol. The first-order valence-electron chi connectivity index (χ1n) is 6.23. The van der Waals surface area contributed by atoms with Crippen LogP contribution in [0.5, 0.6) is 5.75 Å². The van der Waals surface area contributed by atoms with E-state index in [9.17, 15) is 9.59 Å². The number of hydrogen-bond donors (Lipinski definition) is 2. The SMILES string of the molecule is O=C(O)c1cnc(-c2ccc(OC3CCNC3=O)cn2)s1. The second-order valence-electron chi connectivity index (χ2n) is 4.40. The number of carboxylic acid groups (broad SMARTS) is 1. The summed E-state index contributed by atoms with van der Waals surface area (Å²) >= 11 is 1.06. The van der Waals surface area contributed by atoms with Crippen LogP contribution < -0.4 is 10.1 Å². The first kappa shape index (κ1) is 13.5. The largest absolute Gasteiger partial charge is 0.479 e. The zero-order chi connectivity index (χ0) is 14.8. The molecule has 1 aliphatic rings. The van der Waals surface area contributed by atoms with E-state index in [4.69, 9.17) is 9.84 Å². The Morgan fingerprint density at radius 2 is 2.24 bits per heavy atom. The first-order valence-corrected chi connectivity index (χ1v) is 7.05. The van der Waals surface area contributed by atoms with E-state index in [0.29, 0.717) is 29.4 Å². The second-order valence-corrected chi connectivity index (χ2v) is 5.43. The highest BCUT2D eigenvalue weighted by Gasteiger charge is 2.25. The second kappa shape index (κ2) is 5.49. The molecular weight excluding hydrogens is 294 g/mol. The maximum atomic E-state index is 11.4. The fourth-order valence-corrected chi connectivity index (χ4v) is 2.65. The van der Waals surface area contributed by atoms with Gasteiger partial charge in [0.2, 0.25) is 0 Å². The number of ether oxygens (including phenoxy) is 1. The molecule has 0 saturated carbocycles. The van der Waals surface area contributed by atoms with Crippen LogP contribution in [-0.4, -0.2) is 39.6 Å². The number of aromatic carboxylic acids is 1. The lowest BCUT2D eigenvalue weighted by atomic mass is 10.3. The molecule has 0 radical (unpaired) electrons. The summed E-state index contributed by atoms with van der Waals surface area (Å²) in [6.45, 7) is 0.617. The van der Waals surface area contributed by atoms with Crippen LogP contribution in [-0.2, 0) is 4.79 Å². The minimum atomic E-state index is -1.01. The number of carbonyl (C=O) groups excluding carboxylic acids is 1. The fourth-order valence-electron chi connectivity index (χ4n) is 1.92. The highest BCUT2D eigenvalue weighted by atomic mass is 32.1. The molecule has 1 unspecified atom stereocenters. The lowest BCUT2D eigenvalue weighted by Crippen LogP contribution is -2.27. The van der Waals surface area contributed by atoms with E-state index >= 15 is 0 Å². The van der Waals surface area contributed by atoms with Crippen LogP contribution >= 0.6 is 11.3 Å². The van der Waals surface area contributed by atoms with Gasteiger partial charge in [0, 0.05) is 13.0 Å². The standard InChI is InChI=1S/C13H11N3O4S/c17-11-9(3-4-14-11)20-7-1-2-8(15-5-7)12-16-6-10(21-12)13(18)19/h1-2,5-6,9H,3-4H2,(H,14,17)(H,18,19). The van der Waals surface area contributed by atoms with Crippen molar-refractivity contribution in [2.75, 3.05) is 6.54 Å². The molecule has 1 aliphatic heterocycles. The molecule has 1 atom stereocenters. The van der Waals surface area contributed by atoms with Crippen molar-refractivity contribution < 1.29 is 19.4 Å². The third-order valence-corrected chi connectivity index (χ3v) is 3.96. The van der Waals surface area contributed by atoms with Gasteiger partial charge in [-0.2, -0.15) is 0 Å². The Labute approximate surface area is 123 Å². The van der Waals surface area contributed by atoms with Crippen molar-refractivity contribution in [3.8, 4) is 16.5 Å². The number of thiazole rings is 1. The summed E-state index contributed by atoms with van der Waals surface area (Å²) in [7, 11) is 0. The minimum Gasteiger partial charge on any atom is -0.479 e. The quantitative estimate of drug-likeness (QED) is 0.879. The zero-order valence-electron chi connectivity index (χ0n) is 10.8. The molecule has 2 aromatic heterocycles. The molecule has 108 valence electrons. The van der Waals surface area contributed by atoms with Crippen LogP contribution in [0, 0.1) is 0 Å². The number of pyridine rings is 1. The van der Waals surface area contributed by atoms with Crippen molar-refractivity contribution in [3.05, 3.63) is 29.4 Å². The number of carboxylic acids is 1. The molecule has 2 aromatic rings. The summed E-state index contributed by atoms with van der Waals surface area (Å²) in [5.74, 6) is -0.633. The maximum Gasteiger partial charge on any atom is 0.347 e. The molecule has 2 N–H and O–H groups in total. The molecular formula is C13H11N3O4S. The maximum absolute atomic E-state index is 11.4. The topological polar surface area (TPSA) is 101 Å². The van der Waals surface area contributed by atoms with Gasteiger partial charge in [-0.1, -0.05) is 0 Å². The van der Waals surface area contributed by atoms with E-state index in [-0.39, 0.29) is 10.8 Å². The highest BCUT2D eigenvalue weighted by Crippen LogP contribution is 2.25. The van der Waals surface area contributed by atoms with E-state index in [0.717, 1.165) is 11.3 Å². The van der Waals surface area contributed by atoms with E-state index in [1.54, 1.807) is 12.1 Å². The molecule has 21 heavy (non-hydrogen) atoms. The van der Waals surface area contributed by atoms with Crippen LogP contribution in [0.3, 0.4) is 0 Å². The molecule has 1 amide bonds. The van der Waals surface area contributed by atoms with Gasteiger partial charge in [-0.25, -0.2) is 14.8 Å². The molecule has 0 aliphatic carbocycles. The van der Waals surface area contributed by atoms with Crippen molar-refractivity contribution >= 4 is 23.2 Å². The van der Waals surface area contributed by atoms with Gasteiger partial charge in [0.25, 0.3) is 5.91 Å². The van der Waals surface area contributed by atoms with Crippen LogP contribution in [0.15, 0.2) is 24.5 Å². The fraction of sp³-hybridized carbons (Fsp3) is 0.231. The van der Waals surface area contributed by atoms with Crippen molar-refractivity contribution in [3.63, 3.8) is 0 Å². The van der Waals surface area contributed by atoms with E-state index in [1.165, 1.54) is 12.4 Å². The van der Waals surface area contributed by atoms with Crippen molar-refractivity contribution in [2.45, 2.75) is 12.5 Å². The Morgan fingerprint density at radius 3 is 2.81 bits per heavy atom. The van der Waals surface area contributed by atoms with E-state index in [1.807, 2.05) is 0 Å². The van der Waals surface area contributed by atoms with Gasteiger partial charge < -0.3 is 15.2 Å². The number of hydrogen-bond acceptors (Lipinski definition) is 6. The average Bonchev–Trinajstić information content (AvgIpc) is 3.10. The van der Waals surface area contributed by atoms with Gasteiger partial charge in [-0.15, -0.1) is 11.3 Å². The summed E-state index contributed by atoms with van der Waals surface area (Å²) in [6, 6.07) is 3.38. The Kier molecular flexibility index (Phi) is 3.53. The first-order chi connectivity index (χ1) is 10.1. The van der Waals surface area contributed by atoms with Crippen LogP contribution in [0.1, 0.15) is 16.1 Å². The minimum absolute atomic E-state index is 0.120. The lowest BCUT2D eigenvalue weighted by Gasteiger charge is -2.10. The molecule has 0 bridgehead atoms. The predicted molar refractivity (Wildman–Crippen MR) is 74.3 cm³/mol. The van der Waals surface area contributed by atoms with Crippen molar-refractivity contribution in [1.82, 2.24) is 15.3 Å². The molecule has 3 rings (SSSR count). The van der Waals surface area contributed by atoms with Crippen molar-refractivity contribution in [1.29, 1.82) is 0 Å². The smallest absolute Gasteiger partial charge is 0.347 e. The molecule has 1 saturated heterocycles. The third kappa shape index (κ3) is 2.84. The summed E-state index contributed by atoms with van der Waals surface area (Å²) in [5, 5.41) is 12.1. The zero-order valence-corrected chi connectivity index (χ0v) is 11.6. The molecule has 1 fully saturated rings. The number of nitrogens with one attached hydrogen (secondary N) is 1. The lowest BCUT2D eigenvalue weighted by molar-refractivity contribution is -0.124. The van der Waals surface area contributed by atoms with Gasteiger partial charge in [0.15, 0.2) is 6.10 Å². The predicted octanol–water partition coefficient (Wildman–Crippen LogP) is 1.17. The Balaban J connectivity index is 1.74. The molecule has 3 heterocycles. The Morgan fingerprint density at radius 1 is 1.38 bits per heavy atom. The summed E-state index contributed by atoms with van der Waals surface area (Å²) in [4.78, 5) is 30.6. The summed E-state index contributed by atoms with van der Waals surface area (Å²) in [6.07, 6.45) is 2.96. The molecule has 0 spiro atoms. The number of aromatic nitrogens is 2. The molecule has 8 heteroatoms. The number of carbonyl (C=O) groups is 2. The van der Waals surface area contributed by atoms with Gasteiger partial charge >= 0.3 is 5.97 Å². The van der Waals surface area contributed by atoms with Gasteiger partial charge in [-0.05, 0) is 12.1 Å². The average molecular weight is 305 g/mol. The number of nitrogens with zero attached hydrogens (tertiary/aromatic N) is 2. The van der Waals surface area contributed by atoms with Crippen LogP contribution in [0.2, 0.25) is 0 Å². The summed E-state index contributed by atoms with van der Waals surface area (Å²) < 4.78 is 5.54. The molecule has 0 aromatic carbocycles. The highest BCUT2D eigenvalue weighted by molar-refractivity contribution is 7.16. The van der Waals surface area contributed by atoms with Gasteiger partial charge in [-0.3, -0.25) is 4.79 Å². The van der Waals surface area contributed by atoms with E-state index < -0.39 is 12.1 Å². The van der Waals surface area contributed by atoms with Gasteiger partial charge in [0.05, 0.1) is 18.1 Å². The number of rotatable bonds is 4. The summed E-state index contributed by atoms with van der Waals surface area (Å²) in [5.41, 5.74) is 0.565. The van der Waals surface area contributed by atoms with Crippen LogP contribution in [0.4, 0.5) is 0 Å². The third-order valence-electron chi connectivity index (χ3n) is 2.95. The van der Waals surface area contributed by atoms with Gasteiger partial charge in [0.1, 0.15) is 15.6 Å². The normalized spacial score (nSPS) is 17.5. The molecule has 7 nitrogen and oxygen atoms in total. The van der Waals surface area contributed by atoms with Crippen LogP contribution in [0.25, 0.3) is 10.7 Å². The number of amides is 1. The van der Waals surface area contributed by atoms with E-state index in [2.05, 4.69) is 15.3 Å². The Hall–Kier alpha value is -2.48.